The van der Waals surface area contributed by atoms with Gasteiger partial charge in [-0.2, -0.15) is 0 Å². The number of carbonyl (C=O) groups excluding carboxylic acids is 2. The number of amides is 1. The van der Waals surface area contributed by atoms with Crippen LogP contribution in [-0.2, 0) is 25.7 Å². The molecule has 2 N–H and O–H groups in total. The van der Waals surface area contributed by atoms with Crippen LogP contribution in [0.2, 0.25) is 0 Å². The van der Waals surface area contributed by atoms with Gasteiger partial charge < -0.3 is 15.2 Å². The molecule has 0 saturated heterocycles. The van der Waals surface area contributed by atoms with Crippen molar-refractivity contribution in [1.82, 2.24) is 5.32 Å². The molecule has 0 aromatic heterocycles. The highest BCUT2D eigenvalue weighted by Crippen LogP contribution is 2.78. The van der Waals surface area contributed by atoms with E-state index in [4.69, 9.17) is 4.74 Å². The average molecular weight is 720 g/mol. The summed E-state index contributed by atoms with van der Waals surface area (Å²) in [6, 6.07) is 6.50. The Morgan fingerprint density at radius 3 is 2.33 bits per heavy atom. The molecule has 0 unspecified atom stereocenters. The molecule has 0 radical (unpaired) electrons. The summed E-state index contributed by atoms with van der Waals surface area (Å²) in [6.45, 7) is 23.2. The molecule has 6 nitrogen and oxygen atoms in total. The molecule has 10 atom stereocenters. The van der Waals surface area contributed by atoms with Gasteiger partial charge in [0.1, 0.15) is 11.9 Å². The highest BCUT2D eigenvalue weighted by atomic mass is 19.1. The summed E-state index contributed by atoms with van der Waals surface area (Å²) in [5, 5.41) is 12.5. The Kier molecular flexibility index (Phi) is 10.2. The number of fused-ring (bicyclic) bond motifs is 7. The zero-order valence-electron chi connectivity index (χ0n) is 33.3. The molecule has 0 spiro atoms. The van der Waals surface area contributed by atoms with Crippen LogP contribution < -0.4 is 5.32 Å². The number of esters is 1. The van der Waals surface area contributed by atoms with Crippen molar-refractivity contribution in [2.45, 2.75) is 152 Å². The van der Waals surface area contributed by atoms with Crippen LogP contribution in [0, 0.1) is 67.9 Å². The fourth-order valence-corrected chi connectivity index (χ4v) is 14.1. The van der Waals surface area contributed by atoms with Crippen LogP contribution in [-0.4, -0.2) is 29.1 Å². The van der Waals surface area contributed by atoms with Gasteiger partial charge in [-0.25, -0.2) is 4.39 Å². The SMILES string of the molecule is C=C(C)[C@@H]1CC[C@]2(CC(=O)NCc3cccc(F)c3)CC[C@]3(C)[C@H](CC[C@@H]4[C@@]5(C)CC[C@H](OC(=O)CC(C)(C)CC(=O)O)C(C)(C)[C@@H]5CC[C@]43C)[C@@H]12. The average Bonchev–Trinajstić information content (AvgIpc) is 3.40. The van der Waals surface area contributed by atoms with Crippen LogP contribution in [0.5, 0.6) is 0 Å². The van der Waals surface area contributed by atoms with Crippen LogP contribution in [0.1, 0.15) is 144 Å². The highest BCUT2D eigenvalue weighted by molar-refractivity contribution is 5.77. The minimum Gasteiger partial charge on any atom is -0.481 e. The normalized spacial score (nSPS) is 39.2. The van der Waals surface area contributed by atoms with E-state index in [2.05, 4.69) is 53.4 Å². The van der Waals surface area contributed by atoms with E-state index in [0.717, 1.165) is 56.9 Å². The Morgan fingerprint density at radius 1 is 0.923 bits per heavy atom. The summed E-state index contributed by atoms with van der Waals surface area (Å²) in [6.07, 6.45) is 11.3. The molecule has 5 aliphatic rings. The highest BCUT2D eigenvalue weighted by Gasteiger charge is 2.71. The number of ether oxygens (including phenoxy) is 1. The predicted molar refractivity (Wildman–Crippen MR) is 202 cm³/mol. The lowest BCUT2D eigenvalue weighted by Crippen LogP contribution is -2.67. The number of carboxylic acid groups (broad SMARTS) is 1. The third-order valence-corrected chi connectivity index (χ3v) is 16.6. The van der Waals surface area contributed by atoms with E-state index in [0.29, 0.717) is 42.6 Å². The van der Waals surface area contributed by atoms with E-state index in [1.165, 1.54) is 30.5 Å². The molecule has 0 aliphatic heterocycles. The number of carboxylic acids is 1. The molecule has 5 fully saturated rings. The maximum absolute atomic E-state index is 13.8. The van der Waals surface area contributed by atoms with Crippen LogP contribution in [0.25, 0.3) is 0 Å². The second kappa shape index (κ2) is 13.6. The summed E-state index contributed by atoms with van der Waals surface area (Å²) in [4.78, 5) is 38.3. The second-order valence-electron chi connectivity index (χ2n) is 20.4. The molecule has 6 rings (SSSR count). The Bertz CT molecular complexity index is 1580. The fourth-order valence-electron chi connectivity index (χ4n) is 14.1. The lowest BCUT2D eigenvalue weighted by molar-refractivity contribution is -0.250. The van der Waals surface area contributed by atoms with Crippen molar-refractivity contribution in [2.75, 3.05) is 0 Å². The largest absolute Gasteiger partial charge is 0.481 e. The topological polar surface area (TPSA) is 92.7 Å². The second-order valence-corrected chi connectivity index (χ2v) is 20.4. The van der Waals surface area contributed by atoms with Crippen molar-refractivity contribution in [2.24, 2.45) is 62.1 Å². The number of hydrogen-bond donors (Lipinski definition) is 2. The third kappa shape index (κ3) is 6.56. The van der Waals surface area contributed by atoms with E-state index in [1.807, 2.05) is 19.9 Å². The van der Waals surface area contributed by atoms with Crippen molar-refractivity contribution in [3.63, 3.8) is 0 Å². The first-order valence-electron chi connectivity index (χ1n) is 20.3. The molecule has 1 amide bonds. The number of rotatable bonds is 10. The number of halogens is 1. The zero-order chi connectivity index (χ0) is 38.1. The third-order valence-electron chi connectivity index (χ3n) is 16.6. The Balaban J connectivity index is 1.21. The summed E-state index contributed by atoms with van der Waals surface area (Å²) in [5.41, 5.74) is 1.63. The van der Waals surface area contributed by atoms with Gasteiger partial charge in [-0.1, -0.05) is 72.8 Å². The number of nitrogens with one attached hydrogen (secondary N) is 1. The van der Waals surface area contributed by atoms with Gasteiger partial charge in [0.25, 0.3) is 0 Å². The van der Waals surface area contributed by atoms with Crippen molar-refractivity contribution in [1.29, 1.82) is 0 Å². The number of aliphatic carboxylic acids is 1. The zero-order valence-corrected chi connectivity index (χ0v) is 33.3. The van der Waals surface area contributed by atoms with E-state index in [-0.39, 0.29) is 63.7 Å². The molecule has 0 heterocycles. The van der Waals surface area contributed by atoms with Crippen molar-refractivity contribution in [3.05, 3.63) is 47.8 Å². The molecule has 5 saturated carbocycles. The number of allylic oxidation sites excluding steroid dienone is 1. The smallest absolute Gasteiger partial charge is 0.306 e. The van der Waals surface area contributed by atoms with E-state index < -0.39 is 11.4 Å². The molecule has 1 aromatic carbocycles. The lowest BCUT2D eigenvalue weighted by atomic mass is 9.32. The number of hydrogen-bond acceptors (Lipinski definition) is 4. The van der Waals surface area contributed by atoms with Gasteiger partial charge in [0.05, 0.1) is 12.8 Å². The van der Waals surface area contributed by atoms with Crippen LogP contribution >= 0.6 is 0 Å². The van der Waals surface area contributed by atoms with Gasteiger partial charge in [0.15, 0.2) is 0 Å². The maximum Gasteiger partial charge on any atom is 0.306 e. The molecular weight excluding hydrogens is 653 g/mol. The first kappa shape index (κ1) is 39.0. The Labute approximate surface area is 312 Å². The summed E-state index contributed by atoms with van der Waals surface area (Å²) >= 11 is 0. The molecule has 5 aliphatic carbocycles. The molecule has 7 heteroatoms. The van der Waals surface area contributed by atoms with E-state index in [9.17, 15) is 23.9 Å². The summed E-state index contributed by atoms with van der Waals surface area (Å²) < 4.78 is 20.1. The van der Waals surface area contributed by atoms with Crippen molar-refractivity contribution in [3.8, 4) is 0 Å². The van der Waals surface area contributed by atoms with Gasteiger partial charge in [-0.05, 0) is 145 Å². The lowest BCUT2D eigenvalue weighted by Gasteiger charge is -2.73. The van der Waals surface area contributed by atoms with Gasteiger partial charge in [-0.15, -0.1) is 0 Å². The van der Waals surface area contributed by atoms with Gasteiger partial charge in [0.2, 0.25) is 5.91 Å². The Hall–Kier alpha value is -2.70. The predicted octanol–water partition coefficient (Wildman–Crippen LogP) is 10.3. The monoisotopic (exact) mass is 719 g/mol. The molecule has 52 heavy (non-hydrogen) atoms. The number of carbonyl (C=O) groups is 3. The van der Waals surface area contributed by atoms with Crippen molar-refractivity contribution >= 4 is 17.8 Å². The van der Waals surface area contributed by atoms with Crippen molar-refractivity contribution < 1.29 is 28.6 Å². The van der Waals surface area contributed by atoms with E-state index in [1.54, 1.807) is 6.07 Å². The fraction of sp³-hybridized carbons (Fsp3) is 0.756. The molecule has 288 valence electrons. The molecule has 0 bridgehead atoms. The standard InChI is InChI=1S/C45H66FNO5/c1-28(2)31-15-20-45(24-36(48)47-27-29-11-10-12-30(46)23-29)22-21-43(8)32(39(31)45)13-14-34-42(7)18-17-35(41(5,6)33(42)16-19-44(34,43)9)52-38(51)26-40(3,4)25-37(49)50/h10-12,23,31-35,39H,1,13-22,24-27H2,2-9H3,(H,47,48)(H,49,50)/t31-,32+,33-,34+,35-,39+,42-,43+,44+,45+/m0/s1. The summed E-state index contributed by atoms with van der Waals surface area (Å²) in [5.74, 6) is 1.02. The quantitative estimate of drug-likeness (QED) is 0.186. The first-order chi connectivity index (χ1) is 24.2. The summed E-state index contributed by atoms with van der Waals surface area (Å²) in [7, 11) is 0. The minimum atomic E-state index is -0.893. The maximum atomic E-state index is 13.8. The first-order valence-corrected chi connectivity index (χ1v) is 20.3. The van der Waals surface area contributed by atoms with Gasteiger partial charge in [-0.3, -0.25) is 14.4 Å². The van der Waals surface area contributed by atoms with Gasteiger partial charge >= 0.3 is 11.9 Å². The van der Waals surface area contributed by atoms with Crippen LogP contribution in [0.4, 0.5) is 4.39 Å². The molecule has 1 aromatic rings. The molecular formula is C45H66FNO5. The Morgan fingerprint density at radius 2 is 1.65 bits per heavy atom. The van der Waals surface area contributed by atoms with E-state index >= 15 is 0 Å². The van der Waals surface area contributed by atoms with Crippen LogP contribution in [0.3, 0.4) is 0 Å². The number of benzene rings is 1. The minimum absolute atomic E-state index is 0.0346. The van der Waals surface area contributed by atoms with Crippen LogP contribution in [0.15, 0.2) is 36.4 Å². The van der Waals surface area contributed by atoms with Gasteiger partial charge in [0, 0.05) is 18.4 Å².